The second-order valence-corrected chi connectivity index (χ2v) is 10.1. The molecule has 0 spiro atoms. The molecule has 2 heterocycles. The zero-order chi connectivity index (χ0) is 23.0. The van der Waals surface area contributed by atoms with Crippen molar-refractivity contribution >= 4 is 23.1 Å². The highest BCUT2D eigenvalue weighted by Gasteiger charge is 2.44. The van der Waals surface area contributed by atoms with Crippen molar-refractivity contribution in [2.24, 2.45) is 5.92 Å². The Morgan fingerprint density at radius 3 is 2.53 bits per heavy atom. The maximum Gasteiger partial charge on any atom is 0.227 e. The molecule has 0 saturated carbocycles. The second-order valence-electron chi connectivity index (χ2n) is 9.64. The number of halogens is 3. The molecule has 2 aromatic rings. The van der Waals surface area contributed by atoms with Crippen LogP contribution in [0.15, 0.2) is 42.5 Å². The molecule has 3 nitrogen and oxygen atoms in total. The molecule has 0 aliphatic carbocycles. The average Bonchev–Trinajstić information content (AvgIpc) is 3.20. The minimum atomic E-state index is -0.604. The molecule has 2 aliphatic rings. The largest absolute Gasteiger partial charge is 0.338 e. The van der Waals surface area contributed by atoms with Crippen molar-refractivity contribution in [2.75, 3.05) is 26.2 Å². The van der Waals surface area contributed by atoms with Crippen molar-refractivity contribution in [3.63, 3.8) is 0 Å². The summed E-state index contributed by atoms with van der Waals surface area (Å²) in [6, 6.07) is 12.4. The van der Waals surface area contributed by atoms with Crippen LogP contribution in [0.25, 0.3) is 5.57 Å². The normalized spacial score (nSPS) is 22.2. The smallest absolute Gasteiger partial charge is 0.227 e. The third-order valence-electron chi connectivity index (χ3n) is 6.59. The Labute approximate surface area is 193 Å². The average molecular weight is 458 g/mol. The third-order valence-corrected chi connectivity index (χ3v) is 6.82. The van der Waals surface area contributed by atoms with Gasteiger partial charge in [0.15, 0.2) is 0 Å². The van der Waals surface area contributed by atoms with Crippen LogP contribution < -0.4 is 0 Å². The topological polar surface area (TPSA) is 23.6 Å². The predicted octanol–water partition coefficient (Wildman–Crippen LogP) is 5.55. The van der Waals surface area contributed by atoms with Gasteiger partial charge in [0.2, 0.25) is 5.91 Å². The monoisotopic (exact) mass is 457 g/mol. The van der Waals surface area contributed by atoms with E-state index in [9.17, 15) is 13.6 Å². The van der Waals surface area contributed by atoms with Crippen LogP contribution >= 0.6 is 11.6 Å². The molecule has 0 unspecified atom stereocenters. The van der Waals surface area contributed by atoms with Gasteiger partial charge < -0.3 is 4.90 Å². The highest BCUT2D eigenvalue weighted by molar-refractivity contribution is 6.30. The van der Waals surface area contributed by atoms with Gasteiger partial charge in [0, 0.05) is 48.7 Å². The van der Waals surface area contributed by atoms with E-state index in [1.54, 1.807) is 6.07 Å². The van der Waals surface area contributed by atoms with Gasteiger partial charge in [-0.3, -0.25) is 9.69 Å². The van der Waals surface area contributed by atoms with E-state index in [4.69, 9.17) is 11.6 Å². The molecule has 2 aromatic carbocycles. The molecular formula is C26H28ClF2N2O. The summed E-state index contributed by atoms with van der Waals surface area (Å²) in [6.45, 7) is 8.52. The summed E-state index contributed by atoms with van der Waals surface area (Å²) in [5.74, 6) is -1.83. The van der Waals surface area contributed by atoms with E-state index in [1.807, 2.05) is 17.0 Å². The summed E-state index contributed by atoms with van der Waals surface area (Å²) in [7, 11) is 0. The summed E-state index contributed by atoms with van der Waals surface area (Å²) in [6.07, 6.45) is 2.79. The fourth-order valence-corrected chi connectivity index (χ4v) is 4.79. The first-order valence-electron chi connectivity index (χ1n) is 11.0. The lowest BCUT2D eigenvalue weighted by molar-refractivity contribution is -0.135. The number of rotatable bonds is 3. The maximum atomic E-state index is 14.7. The summed E-state index contributed by atoms with van der Waals surface area (Å²) in [4.78, 5) is 17.6. The van der Waals surface area contributed by atoms with E-state index in [2.05, 4.69) is 37.8 Å². The van der Waals surface area contributed by atoms with Crippen LogP contribution in [0.4, 0.5) is 8.78 Å². The summed E-state index contributed by atoms with van der Waals surface area (Å²) < 4.78 is 28.2. The first kappa shape index (κ1) is 22.9. The molecule has 1 saturated heterocycles. The second kappa shape index (κ2) is 8.95. The highest BCUT2D eigenvalue weighted by Crippen LogP contribution is 2.39. The summed E-state index contributed by atoms with van der Waals surface area (Å²) >= 11 is 5.96. The predicted molar refractivity (Wildman–Crippen MR) is 123 cm³/mol. The molecule has 0 aromatic heterocycles. The van der Waals surface area contributed by atoms with Crippen molar-refractivity contribution in [1.29, 1.82) is 0 Å². The van der Waals surface area contributed by atoms with Crippen LogP contribution in [-0.2, 0) is 4.79 Å². The van der Waals surface area contributed by atoms with Crippen LogP contribution in [-0.4, -0.2) is 47.4 Å². The molecule has 169 valence electrons. The molecule has 0 bridgehead atoms. The Kier molecular flexibility index (Phi) is 6.42. The van der Waals surface area contributed by atoms with Gasteiger partial charge in [-0.05, 0) is 68.2 Å². The number of carbonyl (C=O) groups excluding carboxylic acids is 1. The first-order valence-corrected chi connectivity index (χ1v) is 11.4. The molecule has 6 heteroatoms. The minimum absolute atomic E-state index is 0.0286. The highest BCUT2D eigenvalue weighted by atomic mass is 35.5. The van der Waals surface area contributed by atoms with Crippen molar-refractivity contribution in [3.05, 3.63) is 76.3 Å². The van der Waals surface area contributed by atoms with Crippen molar-refractivity contribution in [1.82, 2.24) is 9.80 Å². The molecule has 1 fully saturated rings. The van der Waals surface area contributed by atoms with E-state index in [1.165, 1.54) is 12.1 Å². The Bertz CT molecular complexity index is 1030. The van der Waals surface area contributed by atoms with Gasteiger partial charge in [-0.15, -0.1) is 0 Å². The maximum absolute atomic E-state index is 14.7. The molecule has 4 rings (SSSR count). The van der Waals surface area contributed by atoms with E-state index in [0.29, 0.717) is 36.8 Å². The van der Waals surface area contributed by atoms with Gasteiger partial charge in [0.25, 0.3) is 0 Å². The van der Waals surface area contributed by atoms with Gasteiger partial charge in [0.1, 0.15) is 11.6 Å². The van der Waals surface area contributed by atoms with Crippen molar-refractivity contribution in [3.8, 4) is 0 Å². The Morgan fingerprint density at radius 2 is 1.94 bits per heavy atom. The standard InChI is InChI=1S/C26H28ClF2N2O/c1-26(2,3)31-15-22(21-9-8-20(28)14-24(21)29)23(16-31)25(32)30-12-10-18(11-13-30)17-4-6-19(27)7-5-17/h4,6-10,14,22-23H,11-13,15-16H2,1-3H3/t22-,23+/m0/s1. The van der Waals surface area contributed by atoms with Gasteiger partial charge in [-0.2, -0.15) is 0 Å². The number of hydrogen-bond acceptors (Lipinski definition) is 2. The third kappa shape index (κ3) is 4.74. The molecule has 32 heavy (non-hydrogen) atoms. The Hall–Kier alpha value is -2.24. The quantitative estimate of drug-likeness (QED) is 0.603. The number of benzene rings is 2. The fourth-order valence-electron chi connectivity index (χ4n) is 4.67. The molecule has 0 N–H and O–H groups in total. The molecule has 1 amide bonds. The molecular weight excluding hydrogens is 430 g/mol. The van der Waals surface area contributed by atoms with E-state index >= 15 is 0 Å². The number of hydrogen-bond donors (Lipinski definition) is 0. The van der Waals surface area contributed by atoms with Crippen molar-refractivity contribution in [2.45, 2.75) is 38.6 Å². The van der Waals surface area contributed by atoms with Crippen LogP contribution in [0.3, 0.4) is 0 Å². The zero-order valence-electron chi connectivity index (χ0n) is 18.7. The number of nitrogens with zero attached hydrogens (tertiary/aromatic N) is 2. The van der Waals surface area contributed by atoms with E-state index in [-0.39, 0.29) is 23.3 Å². The van der Waals surface area contributed by atoms with E-state index < -0.39 is 11.6 Å². The number of carbonyl (C=O) groups is 1. The lowest BCUT2D eigenvalue weighted by atomic mass is 9.87. The van der Waals surface area contributed by atoms with Gasteiger partial charge >= 0.3 is 0 Å². The van der Waals surface area contributed by atoms with Crippen LogP contribution in [0.1, 0.15) is 44.2 Å². The van der Waals surface area contributed by atoms with Gasteiger partial charge in [-0.25, -0.2) is 8.78 Å². The van der Waals surface area contributed by atoms with Gasteiger partial charge in [0.05, 0.1) is 5.92 Å². The summed E-state index contributed by atoms with van der Waals surface area (Å²) in [5.41, 5.74) is 2.41. The number of likely N-dealkylation sites (tertiary alicyclic amines) is 1. The lowest BCUT2D eigenvalue weighted by Crippen LogP contribution is -2.43. The van der Waals surface area contributed by atoms with Crippen LogP contribution in [0.2, 0.25) is 5.02 Å². The van der Waals surface area contributed by atoms with Crippen molar-refractivity contribution < 1.29 is 13.6 Å². The van der Waals surface area contributed by atoms with E-state index in [0.717, 1.165) is 23.6 Å². The summed E-state index contributed by atoms with van der Waals surface area (Å²) in [5, 5.41) is 0.644. The molecule has 1 radical (unpaired) electrons. The molecule has 2 atom stereocenters. The minimum Gasteiger partial charge on any atom is -0.338 e. The first-order chi connectivity index (χ1) is 15.1. The lowest BCUT2D eigenvalue weighted by Gasteiger charge is -2.32. The fraction of sp³-hybridized carbons (Fsp3) is 0.423. The Balaban J connectivity index is 1.55. The molecule has 2 aliphatic heterocycles. The zero-order valence-corrected chi connectivity index (χ0v) is 19.4. The van der Waals surface area contributed by atoms with Crippen LogP contribution in [0.5, 0.6) is 0 Å². The van der Waals surface area contributed by atoms with Crippen LogP contribution in [0, 0.1) is 23.6 Å². The number of amides is 1. The van der Waals surface area contributed by atoms with Gasteiger partial charge in [-0.1, -0.05) is 29.8 Å². The Morgan fingerprint density at radius 1 is 1.16 bits per heavy atom. The SMILES string of the molecule is CC(C)(C)N1C[C@@H](C(=O)N2CC=C(c3[c]cc(Cl)cc3)CC2)[C@H](c2ccc(F)cc2F)C1.